The summed E-state index contributed by atoms with van der Waals surface area (Å²) in [7, 11) is 5.43. The summed E-state index contributed by atoms with van der Waals surface area (Å²) in [5.41, 5.74) is 1.09. The third-order valence-corrected chi connectivity index (χ3v) is 7.95. The average Bonchev–Trinajstić information content (AvgIpc) is 3.42. The van der Waals surface area contributed by atoms with E-state index < -0.39 is 12.1 Å². The molecule has 1 fully saturated rings. The van der Waals surface area contributed by atoms with Gasteiger partial charge in [-0.1, -0.05) is 55.0 Å². The van der Waals surface area contributed by atoms with Gasteiger partial charge in [0.25, 0.3) is 5.91 Å². The number of hydrogen-bond acceptors (Lipinski definition) is 5. The van der Waals surface area contributed by atoms with E-state index in [1.807, 2.05) is 43.7 Å². The minimum Gasteiger partial charge on any atom is -0.332 e. The summed E-state index contributed by atoms with van der Waals surface area (Å²) in [4.78, 5) is 30.2. The molecule has 0 saturated carbocycles. The van der Waals surface area contributed by atoms with Gasteiger partial charge in [-0.3, -0.25) is 14.6 Å². The van der Waals surface area contributed by atoms with E-state index >= 15 is 0 Å². The summed E-state index contributed by atoms with van der Waals surface area (Å²) < 4.78 is 0. The van der Waals surface area contributed by atoms with Crippen LogP contribution < -0.4 is 5.32 Å². The molecule has 1 aliphatic heterocycles. The van der Waals surface area contributed by atoms with Crippen LogP contribution in [0, 0.1) is 0 Å². The minimum absolute atomic E-state index is 0.0308. The van der Waals surface area contributed by atoms with Crippen molar-refractivity contribution in [3.05, 3.63) is 70.4 Å². The maximum Gasteiger partial charge on any atom is 0.259 e. The van der Waals surface area contributed by atoms with Crippen molar-refractivity contribution in [3.8, 4) is 0 Å². The van der Waals surface area contributed by atoms with Gasteiger partial charge in [-0.25, -0.2) is 5.01 Å². The number of nitrogens with zero attached hydrogens (tertiary/aromatic N) is 3. The zero-order valence-corrected chi connectivity index (χ0v) is 21.8. The van der Waals surface area contributed by atoms with E-state index in [1.165, 1.54) is 11.8 Å². The highest BCUT2D eigenvalue weighted by Gasteiger charge is 2.34. The number of carbonyl (C=O) groups excluding carboxylic acids is 2. The van der Waals surface area contributed by atoms with E-state index in [4.69, 9.17) is 0 Å². The van der Waals surface area contributed by atoms with E-state index in [0.717, 1.165) is 41.8 Å². The maximum atomic E-state index is 13.7. The Morgan fingerprint density at radius 3 is 2.37 bits per heavy atom. The Balaban J connectivity index is 1.52. The Kier molecular flexibility index (Phi) is 8.55. The molecule has 0 aliphatic carbocycles. The lowest BCUT2D eigenvalue weighted by Gasteiger charge is -2.39. The first kappa shape index (κ1) is 25.4. The lowest BCUT2D eigenvalue weighted by molar-refractivity contribution is -0.157. The molecule has 35 heavy (non-hydrogen) atoms. The van der Waals surface area contributed by atoms with Gasteiger partial charge in [-0.15, -0.1) is 11.3 Å². The highest BCUT2D eigenvalue weighted by Crippen LogP contribution is 2.20. The zero-order chi connectivity index (χ0) is 24.8. The molecule has 1 saturated heterocycles. The standard InChI is InChI=1S/C28H36N4O2S/c1-29-25(19-21-13-14-22-10-5-6-11-23(22)18-21)27(33)30(2)26(20-24-12-9-17-35-24)28(34)31(3)32-15-7-4-8-16-32/h5-6,9-14,17-18,25-26,29H,4,7-8,15-16,19-20H2,1-3H3/t25-,26-/m1/s1. The second-order valence-electron chi connectivity index (χ2n) is 9.35. The Morgan fingerprint density at radius 2 is 1.69 bits per heavy atom. The van der Waals surface area contributed by atoms with Gasteiger partial charge in [-0.05, 0) is 54.1 Å². The number of benzene rings is 2. The fourth-order valence-corrected chi connectivity index (χ4v) is 5.60. The molecule has 2 atom stereocenters. The van der Waals surface area contributed by atoms with Crippen LogP contribution in [-0.2, 0) is 22.4 Å². The van der Waals surface area contributed by atoms with Crippen molar-refractivity contribution in [1.82, 2.24) is 20.2 Å². The molecule has 2 aromatic carbocycles. The van der Waals surface area contributed by atoms with Crippen molar-refractivity contribution in [2.45, 2.75) is 44.2 Å². The number of fused-ring (bicyclic) bond motifs is 1. The predicted molar refractivity (Wildman–Crippen MR) is 143 cm³/mol. The number of hydrazine groups is 1. The topological polar surface area (TPSA) is 55.9 Å². The van der Waals surface area contributed by atoms with Crippen molar-refractivity contribution in [1.29, 1.82) is 0 Å². The average molecular weight is 493 g/mol. The van der Waals surface area contributed by atoms with Gasteiger partial charge in [0.15, 0.2) is 0 Å². The molecule has 6 nitrogen and oxygen atoms in total. The van der Waals surface area contributed by atoms with E-state index in [9.17, 15) is 9.59 Å². The molecule has 1 aliphatic rings. The van der Waals surface area contributed by atoms with Gasteiger partial charge < -0.3 is 10.2 Å². The summed E-state index contributed by atoms with van der Waals surface area (Å²) in [6.45, 7) is 1.76. The Hall–Kier alpha value is -2.74. The first-order chi connectivity index (χ1) is 17.0. The third-order valence-electron chi connectivity index (χ3n) is 7.05. The molecule has 1 N–H and O–H groups in total. The van der Waals surface area contributed by atoms with Crippen LogP contribution in [0.3, 0.4) is 0 Å². The number of rotatable bonds is 9. The Morgan fingerprint density at radius 1 is 0.943 bits per heavy atom. The number of likely N-dealkylation sites (N-methyl/N-ethyl adjacent to an activating group) is 3. The van der Waals surface area contributed by atoms with Crippen LogP contribution in [0.2, 0.25) is 0 Å². The van der Waals surface area contributed by atoms with Gasteiger partial charge in [0.2, 0.25) is 5.91 Å². The van der Waals surface area contributed by atoms with Crippen LogP contribution in [0.25, 0.3) is 10.8 Å². The summed E-state index contributed by atoms with van der Waals surface area (Å²) in [6.07, 6.45) is 4.47. The van der Waals surface area contributed by atoms with Crippen molar-refractivity contribution in [2.75, 3.05) is 34.2 Å². The predicted octanol–water partition coefficient (Wildman–Crippen LogP) is 3.96. The molecule has 4 rings (SSSR count). The van der Waals surface area contributed by atoms with Crippen LogP contribution >= 0.6 is 11.3 Å². The Labute approximate surface area is 212 Å². The molecule has 0 spiro atoms. The molecule has 1 aromatic heterocycles. The largest absolute Gasteiger partial charge is 0.332 e. The zero-order valence-electron chi connectivity index (χ0n) is 20.9. The lowest BCUT2D eigenvalue weighted by Crippen LogP contribution is -2.57. The summed E-state index contributed by atoms with van der Waals surface area (Å²) in [6, 6.07) is 17.6. The molecule has 2 amide bonds. The van der Waals surface area contributed by atoms with Crippen LogP contribution in [0.15, 0.2) is 60.0 Å². The third kappa shape index (κ3) is 6.10. The fourth-order valence-electron chi connectivity index (χ4n) is 4.86. The smallest absolute Gasteiger partial charge is 0.259 e. The van der Waals surface area contributed by atoms with Crippen molar-refractivity contribution < 1.29 is 9.59 Å². The van der Waals surface area contributed by atoms with Gasteiger partial charge >= 0.3 is 0 Å². The number of thiophene rings is 1. The molecule has 3 aromatic rings. The summed E-state index contributed by atoms with van der Waals surface area (Å²) in [5, 5.41) is 11.4. The number of nitrogens with one attached hydrogen (secondary N) is 1. The number of amides is 2. The molecule has 2 heterocycles. The van der Waals surface area contributed by atoms with Crippen molar-refractivity contribution >= 4 is 33.9 Å². The number of hydrogen-bond donors (Lipinski definition) is 1. The highest BCUT2D eigenvalue weighted by atomic mass is 32.1. The van der Waals surface area contributed by atoms with Crippen LogP contribution in [0.5, 0.6) is 0 Å². The molecular formula is C28H36N4O2S. The lowest BCUT2D eigenvalue weighted by atomic mass is 10.00. The summed E-state index contributed by atoms with van der Waals surface area (Å²) >= 11 is 1.63. The SMILES string of the molecule is CN[C@H](Cc1ccc2ccccc2c1)C(=O)N(C)[C@H](Cc1cccs1)C(=O)N(C)N1CCCCC1. The highest BCUT2D eigenvalue weighted by molar-refractivity contribution is 7.09. The number of piperidine rings is 1. The van der Waals surface area contributed by atoms with E-state index in [2.05, 4.69) is 40.7 Å². The normalized spacial score (nSPS) is 16.1. The quantitative estimate of drug-likeness (QED) is 0.491. The first-order valence-corrected chi connectivity index (χ1v) is 13.3. The molecule has 0 radical (unpaired) electrons. The maximum absolute atomic E-state index is 13.7. The Bertz CT molecular complexity index is 1130. The van der Waals surface area contributed by atoms with Crippen molar-refractivity contribution in [2.24, 2.45) is 0 Å². The van der Waals surface area contributed by atoms with Gasteiger partial charge in [0.1, 0.15) is 6.04 Å². The molecule has 186 valence electrons. The molecular weight excluding hydrogens is 456 g/mol. The number of carbonyl (C=O) groups is 2. The van der Waals surface area contributed by atoms with Gasteiger partial charge in [-0.2, -0.15) is 0 Å². The van der Waals surface area contributed by atoms with Crippen LogP contribution in [-0.4, -0.2) is 73.0 Å². The second-order valence-corrected chi connectivity index (χ2v) is 10.4. The summed E-state index contributed by atoms with van der Waals surface area (Å²) in [5.74, 6) is -0.0979. The van der Waals surface area contributed by atoms with Crippen molar-refractivity contribution in [3.63, 3.8) is 0 Å². The van der Waals surface area contributed by atoms with E-state index in [1.54, 1.807) is 28.3 Å². The molecule has 0 bridgehead atoms. The fraction of sp³-hybridized carbons (Fsp3) is 0.429. The van der Waals surface area contributed by atoms with Gasteiger partial charge in [0.05, 0.1) is 6.04 Å². The second kappa shape index (κ2) is 11.8. The van der Waals surface area contributed by atoms with Crippen LogP contribution in [0.4, 0.5) is 0 Å². The van der Waals surface area contributed by atoms with Gasteiger partial charge in [0, 0.05) is 38.5 Å². The van der Waals surface area contributed by atoms with E-state index in [0.29, 0.717) is 12.8 Å². The van der Waals surface area contributed by atoms with E-state index in [-0.39, 0.29) is 11.8 Å². The first-order valence-electron chi connectivity index (χ1n) is 12.4. The monoisotopic (exact) mass is 492 g/mol. The molecule has 0 unspecified atom stereocenters. The minimum atomic E-state index is -0.555. The van der Waals surface area contributed by atoms with Crippen LogP contribution in [0.1, 0.15) is 29.7 Å². The molecule has 7 heteroatoms.